The first-order chi connectivity index (χ1) is 7.69. The molecule has 0 saturated heterocycles. The molecule has 0 aliphatic carbocycles. The van der Waals surface area contributed by atoms with Crippen LogP contribution in [0.15, 0.2) is 29.4 Å². The highest BCUT2D eigenvalue weighted by Crippen LogP contribution is 2.13. The van der Waals surface area contributed by atoms with E-state index in [2.05, 4.69) is 16.4 Å². The number of nitrogens with two attached hydrogens (primary N) is 1. The van der Waals surface area contributed by atoms with Crippen molar-refractivity contribution in [1.29, 1.82) is 10.7 Å². The largest absolute Gasteiger partial charge is 0.382 e. The van der Waals surface area contributed by atoms with Crippen molar-refractivity contribution in [2.75, 3.05) is 5.43 Å². The second-order valence-corrected chi connectivity index (χ2v) is 2.79. The zero-order valence-corrected chi connectivity index (χ0v) is 8.36. The maximum Gasteiger partial charge on any atom is 0.201 e. The van der Waals surface area contributed by atoms with Crippen molar-refractivity contribution in [2.24, 2.45) is 10.8 Å². The third-order valence-corrected chi connectivity index (χ3v) is 1.73. The molecule has 1 aromatic rings. The van der Waals surface area contributed by atoms with Gasteiger partial charge in [0.05, 0.1) is 5.69 Å². The molecule has 5 heteroatoms. The lowest BCUT2D eigenvalue weighted by molar-refractivity contribution is 1.33. The van der Waals surface area contributed by atoms with Gasteiger partial charge in [-0.25, -0.2) is 0 Å². The van der Waals surface area contributed by atoms with Crippen molar-refractivity contribution < 1.29 is 0 Å². The van der Waals surface area contributed by atoms with Gasteiger partial charge in [-0.05, 0) is 12.1 Å². The van der Waals surface area contributed by atoms with Crippen molar-refractivity contribution in [1.82, 2.24) is 0 Å². The minimum atomic E-state index is -0.395. The van der Waals surface area contributed by atoms with Gasteiger partial charge in [0.25, 0.3) is 0 Å². The molecule has 0 aromatic heterocycles. The van der Waals surface area contributed by atoms with Crippen LogP contribution in [0.25, 0.3) is 0 Å². The fourth-order valence-corrected chi connectivity index (χ4v) is 0.968. The van der Waals surface area contributed by atoms with Gasteiger partial charge in [0.15, 0.2) is 5.84 Å². The standard InChI is InChI=1S/C11H9N5/c1-2-8-5-3-4-6-9(8)15-16-10(7-12)11(13)14/h1,3-6,15H,(H3,13,14)/b16-10+. The molecule has 1 rings (SSSR count). The number of para-hydroxylation sites is 1. The molecule has 0 unspecified atom stereocenters. The van der Waals surface area contributed by atoms with Crippen LogP contribution in [0.5, 0.6) is 0 Å². The van der Waals surface area contributed by atoms with E-state index in [1.54, 1.807) is 30.3 Å². The van der Waals surface area contributed by atoms with E-state index in [1.807, 2.05) is 0 Å². The number of hydrazone groups is 1. The van der Waals surface area contributed by atoms with E-state index < -0.39 is 5.84 Å². The number of nitrogens with one attached hydrogen (secondary N) is 2. The molecule has 0 saturated carbocycles. The van der Waals surface area contributed by atoms with Gasteiger partial charge in [-0.15, -0.1) is 6.42 Å². The lowest BCUT2D eigenvalue weighted by atomic mass is 10.2. The Labute approximate surface area is 93.1 Å². The van der Waals surface area contributed by atoms with Crippen LogP contribution in [-0.4, -0.2) is 11.5 Å². The average Bonchev–Trinajstić information content (AvgIpc) is 2.30. The Balaban J connectivity index is 2.95. The molecule has 0 radical (unpaired) electrons. The number of nitriles is 1. The lowest BCUT2D eigenvalue weighted by Crippen LogP contribution is -2.21. The predicted octanol–water partition coefficient (Wildman–Crippen LogP) is 0.895. The molecule has 16 heavy (non-hydrogen) atoms. The number of nitrogens with zero attached hydrogens (tertiary/aromatic N) is 2. The van der Waals surface area contributed by atoms with Crippen molar-refractivity contribution >= 4 is 17.2 Å². The molecule has 0 heterocycles. The van der Waals surface area contributed by atoms with Crippen molar-refractivity contribution in [3.05, 3.63) is 29.8 Å². The summed E-state index contributed by atoms with van der Waals surface area (Å²) in [4.78, 5) is 0. The Morgan fingerprint density at radius 1 is 1.50 bits per heavy atom. The van der Waals surface area contributed by atoms with E-state index in [9.17, 15) is 0 Å². The Bertz CT molecular complexity index is 516. The van der Waals surface area contributed by atoms with E-state index in [-0.39, 0.29) is 5.71 Å². The monoisotopic (exact) mass is 211 g/mol. The molecule has 0 spiro atoms. The van der Waals surface area contributed by atoms with Crippen LogP contribution >= 0.6 is 0 Å². The third-order valence-electron chi connectivity index (χ3n) is 1.73. The van der Waals surface area contributed by atoms with Gasteiger partial charge in [0.1, 0.15) is 6.07 Å². The first-order valence-electron chi connectivity index (χ1n) is 4.33. The van der Waals surface area contributed by atoms with E-state index in [0.717, 1.165) is 0 Å². The summed E-state index contributed by atoms with van der Waals surface area (Å²) in [6.07, 6.45) is 5.28. The summed E-state index contributed by atoms with van der Waals surface area (Å²) in [5, 5.41) is 19.4. The Hall–Kier alpha value is -2.79. The molecular weight excluding hydrogens is 202 g/mol. The highest BCUT2D eigenvalue weighted by molar-refractivity contribution is 6.45. The fourth-order valence-electron chi connectivity index (χ4n) is 0.968. The summed E-state index contributed by atoms with van der Waals surface area (Å²) in [6.45, 7) is 0. The van der Waals surface area contributed by atoms with Crippen molar-refractivity contribution in [3.63, 3.8) is 0 Å². The van der Waals surface area contributed by atoms with Gasteiger partial charge >= 0.3 is 0 Å². The smallest absolute Gasteiger partial charge is 0.201 e. The van der Waals surface area contributed by atoms with E-state index in [1.165, 1.54) is 0 Å². The summed E-state index contributed by atoms with van der Waals surface area (Å²) >= 11 is 0. The number of rotatable bonds is 3. The van der Waals surface area contributed by atoms with Gasteiger partial charge in [-0.2, -0.15) is 10.4 Å². The molecule has 0 atom stereocenters. The lowest BCUT2D eigenvalue weighted by Gasteiger charge is -2.03. The van der Waals surface area contributed by atoms with Crippen LogP contribution in [-0.2, 0) is 0 Å². The normalized spacial score (nSPS) is 10.0. The van der Waals surface area contributed by atoms with Crippen LogP contribution in [0, 0.1) is 29.1 Å². The average molecular weight is 211 g/mol. The highest BCUT2D eigenvalue weighted by Gasteiger charge is 2.02. The van der Waals surface area contributed by atoms with Crippen LogP contribution in [0.4, 0.5) is 5.69 Å². The summed E-state index contributed by atoms with van der Waals surface area (Å²) < 4.78 is 0. The highest BCUT2D eigenvalue weighted by atomic mass is 15.3. The molecule has 78 valence electrons. The zero-order chi connectivity index (χ0) is 12.0. The summed E-state index contributed by atoms with van der Waals surface area (Å²) in [6, 6.07) is 8.71. The molecule has 1 aromatic carbocycles. The summed E-state index contributed by atoms with van der Waals surface area (Å²) in [5.74, 6) is 2.07. The molecule has 5 nitrogen and oxygen atoms in total. The quantitative estimate of drug-likeness (QED) is 0.300. The van der Waals surface area contributed by atoms with E-state index in [4.69, 9.17) is 22.8 Å². The number of benzene rings is 1. The minimum absolute atomic E-state index is 0.188. The summed E-state index contributed by atoms with van der Waals surface area (Å²) in [5.41, 5.74) is 8.74. The van der Waals surface area contributed by atoms with Gasteiger partial charge in [-0.1, -0.05) is 18.1 Å². The van der Waals surface area contributed by atoms with Gasteiger partial charge < -0.3 is 5.73 Å². The number of amidine groups is 1. The van der Waals surface area contributed by atoms with E-state index in [0.29, 0.717) is 11.3 Å². The SMILES string of the molecule is C#Cc1ccccc1N/N=C(\C#N)C(=N)N. The number of hydrogen-bond acceptors (Lipinski definition) is 4. The van der Waals surface area contributed by atoms with Crippen LogP contribution in [0.2, 0.25) is 0 Å². The molecule has 0 bridgehead atoms. The number of anilines is 1. The molecule has 0 aliphatic heterocycles. The van der Waals surface area contributed by atoms with Crippen LogP contribution in [0.1, 0.15) is 5.56 Å². The molecular formula is C11H9N5. The second-order valence-electron chi connectivity index (χ2n) is 2.79. The van der Waals surface area contributed by atoms with E-state index >= 15 is 0 Å². The maximum absolute atomic E-state index is 8.62. The molecule has 0 aliphatic rings. The van der Waals surface area contributed by atoms with Crippen molar-refractivity contribution in [2.45, 2.75) is 0 Å². The van der Waals surface area contributed by atoms with Gasteiger partial charge in [0, 0.05) is 5.56 Å². The second kappa shape index (κ2) is 5.18. The van der Waals surface area contributed by atoms with Crippen LogP contribution < -0.4 is 11.2 Å². The summed E-state index contributed by atoms with van der Waals surface area (Å²) in [7, 11) is 0. The van der Waals surface area contributed by atoms with Gasteiger partial charge in [0.2, 0.25) is 5.71 Å². The first-order valence-corrected chi connectivity index (χ1v) is 4.33. The Kier molecular flexibility index (Phi) is 3.65. The molecule has 0 fully saturated rings. The number of terminal acetylenes is 1. The van der Waals surface area contributed by atoms with Crippen LogP contribution in [0.3, 0.4) is 0 Å². The first kappa shape index (κ1) is 11.3. The topological polar surface area (TPSA) is 98.0 Å². The van der Waals surface area contributed by atoms with Crippen molar-refractivity contribution in [3.8, 4) is 18.4 Å². The molecule has 4 N–H and O–H groups in total. The minimum Gasteiger partial charge on any atom is -0.382 e. The Morgan fingerprint density at radius 3 is 2.75 bits per heavy atom. The number of hydrogen-bond donors (Lipinski definition) is 3. The maximum atomic E-state index is 8.62. The van der Waals surface area contributed by atoms with Gasteiger partial charge in [-0.3, -0.25) is 10.8 Å². The fraction of sp³-hybridized carbons (Fsp3) is 0. The third kappa shape index (κ3) is 2.60. The predicted molar refractivity (Wildman–Crippen MR) is 63.0 cm³/mol. The molecule has 0 amide bonds. The zero-order valence-electron chi connectivity index (χ0n) is 8.36. The Morgan fingerprint density at radius 2 is 2.19 bits per heavy atom.